The van der Waals surface area contributed by atoms with E-state index in [0.29, 0.717) is 0 Å². The Morgan fingerprint density at radius 3 is 2.36 bits per heavy atom. The Balaban J connectivity index is 2.63. The van der Waals surface area contributed by atoms with E-state index in [4.69, 9.17) is 0 Å². The topological polar surface area (TPSA) is 29.4 Å². The molecule has 0 aliphatic heterocycles. The molecule has 14 heavy (non-hydrogen) atoms. The Labute approximate surface area is 84.7 Å². The van der Waals surface area contributed by atoms with E-state index in [2.05, 4.69) is 36.2 Å². The molecule has 0 N–H and O–H groups in total. The second kappa shape index (κ2) is 5.36. The number of hydrogen-bond donors (Lipinski definition) is 0. The number of rotatable bonds is 4. The average molecular weight is 189 g/mol. The molecule has 1 atom stereocenters. The van der Waals surface area contributed by atoms with Crippen LogP contribution in [0, 0.1) is 0 Å². The Bertz CT molecular complexity index is 323. The van der Waals surface area contributed by atoms with E-state index in [1.54, 1.807) is 6.08 Å². The molecule has 1 rings (SSSR count). The van der Waals surface area contributed by atoms with Gasteiger partial charge in [-0.25, -0.2) is 9.79 Å². The van der Waals surface area contributed by atoms with Gasteiger partial charge in [0.15, 0.2) is 0 Å². The quantitative estimate of drug-likeness (QED) is 0.528. The molecule has 0 saturated carbocycles. The van der Waals surface area contributed by atoms with Crippen molar-refractivity contribution in [1.29, 1.82) is 0 Å². The van der Waals surface area contributed by atoms with E-state index in [1.165, 1.54) is 11.1 Å². The SMILES string of the molecule is CCc1ccc(CC(C)N=C=O)cc1. The summed E-state index contributed by atoms with van der Waals surface area (Å²) in [6.45, 7) is 4.05. The first kappa shape index (κ1) is 10.7. The highest BCUT2D eigenvalue weighted by molar-refractivity contribution is 5.34. The van der Waals surface area contributed by atoms with Crippen molar-refractivity contribution in [3.63, 3.8) is 0 Å². The number of hydrogen-bond acceptors (Lipinski definition) is 2. The van der Waals surface area contributed by atoms with Crippen LogP contribution in [0.15, 0.2) is 29.3 Å². The number of carbonyl (C=O) groups excluding carboxylic acids is 1. The molecule has 74 valence electrons. The second-order valence-electron chi connectivity index (χ2n) is 3.44. The molecule has 1 unspecified atom stereocenters. The van der Waals surface area contributed by atoms with Gasteiger partial charge >= 0.3 is 0 Å². The van der Waals surface area contributed by atoms with E-state index >= 15 is 0 Å². The number of nitrogens with zero attached hydrogens (tertiary/aromatic N) is 1. The minimum absolute atomic E-state index is 0.0278. The van der Waals surface area contributed by atoms with Crippen LogP contribution >= 0.6 is 0 Å². The summed E-state index contributed by atoms with van der Waals surface area (Å²) in [6.07, 6.45) is 3.45. The van der Waals surface area contributed by atoms with Crippen LogP contribution in [0.1, 0.15) is 25.0 Å². The van der Waals surface area contributed by atoms with Gasteiger partial charge in [0.05, 0.1) is 6.04 Å². The maximum Gasteiger partial charge on any atom is 0.235 e. The zero-order valence-electron chi connectivity index (χ0n) is 8.66. The van der Waals surface area contributed by atoms with E-state index in [1.807, 2.05) is 6.92 Å². The summed E-state index contributed by atoms with van der Waals surface area (Å²) >= 11 is 0. The summed E-state index contributed by atoms with van der Waals surface area (Å²) in [4.78, 5) is 13.7. The number of benzene rings is 1. The van der Waals surface area contributed by atoms with Crippen LogP contribution in [0.4, 0.5) is 0 Å². The van der Waals surface area contributed by atoms with Crippen molar-refractivity contribution >= 4 is 6.08 Å². The fraction of sp³-hybridized carbons (Fsp3) is 0.417. The third-order valence-corrected chi connectivity index (χ3v) is 2.24. The van der Waals surface area contributed by atoms with Gasteiger partial charge in [-0.3, -0.25) is 0 Å². The Hall–Kier alpha value is -1.40. The molecule has 2 nitrogen and oxygen atoms in total. The van der Waals surface area contributed by atoms with Gasteiger partial charge in [0, 0.05) is 0 Å². The molecular formula is C12H15NO. The lowest BCUT2D eigenvalue weighted by atomic mass is 10.0. The molecule has 0 aromatic heterocycles. The molecule has 0 bridgehead atoms. The summed E-state index contributed by atoms with van der Waals surface area (Å²) in [7, 11) is 0. The van der Waals surface area contributed by atoms with Crippen LogP contribution in [0.2, 0.25) is 0 Å². The lowest BCUT2D eigenvalue weighted by Crippen LogP contribution is -2.02. The van der Waals surface area contributed by atoms with Crippen LogP contribution in [0.3, 0.4) is 0 Å². The van der Waals surface area contributed by atoms with Crippen LogP contribution in [-0.2, 0) is 17.6 Å². The van der Waals surface area contributed by atoms with Crippen LogP contribution in [0.5, 0.6) is 0 Å². The zero-order valence-corrected chi connectivity index (χ0v) is 8.66. The fourth-order valence-corrected chi connectivity index (χ4v) is 1.39. The lowest BCUT2D eigenvalue weighted by Gasteiger charge is -2.04. The predicted molar refractivity (Wildman–Crippen MR) is 57.1 cm³/mol. The maximum absolute atomic E-state index is 10.0. The third-order valence-electron chi connectivity index (χ3n) is 2.24. The maximum atomic E-state index is 10.0. The molecule has 0 aliphatic rings. The summed E-state index contributed by atoms with van der Waals surface area (Å²) in [6, 6.07) is 8.45. The Morgan fingerprint density at radius 2 is 1.86 bits per heavy atom. The molecular weight excluding hydrogens is 174 g/mol. The van der Waals surface area contributed by atoms with Gasteiger partial charge < -0.3 is 0 Å². The lowest BCUT2D eigenvalue weighted by molar-refractivity contribution is 0.558. The Kier molecular flexibility index (Phi) is 4.09. The molecule has 0 radical (unpaired) electrons. The van der Waals surface area contributed by atoms with Gasteiger partial charge in [0.2, 0.25) is 6.08 Å². The van der Waals surface area contributed by atoms with Crippen molar-refractivity contribution in [1.82, 2.24) is 0 Å². The standard InChI is InChI=1S/C12H15NO/c1-3-11-4-6-12(7-5-11)8-10(2)13-9-14/h4-7,10H,3,8H2,1-2H3. The predicted octanol–water partition coefficient (Wildman–Crippen LogP) is 2.52. The van der Waals surface area contributed by atoms with E-state index in [-0.39, 0.29) is 6.04 Å². The molecule has 2 heteroatoms. The number of aliphatic imine (C=N–C) groups is 1. The van der Waals surface area contributed by atoms with E-state index < -0.39 is 0 Å². The van der Waals surface area contributed by atoms with Gasteiger partial charge in [0.1, 0.15) is 0 Å². The van der Waals surface area contributed by atoms with Crippen LogP contribution < -0.4 is 0 Å². The van der Waals surface area contributed by atoms with Crippen molar-refractivity contribution < 1.29 is 4.79 Å². The monoisotopic (exact) mass is 189 g/mol. The van der Waals surface area contributed by atoms with E-state index in [0.717, 1.165) is 12.8 Å². The van der Waals surface area contributed by atoms with Gasteiger partial charge in [-0.1, -0.05) is 31.2 Å². The molecule has 0 amide bonds. The highest BCUT2D eigenvalue weighted by atomic mass is 16.1. The first-order chi connectivity index (χ1) is 6.76. The minimum Gasteiger partial charge on any atom is -0.211 e. The summed E-state index contributed by atoms with van der Waals surface area (Å²) in [5.41, 5.74) is 2.55. The minimum atomic E-state index is 0.0278. The number of aryl methyl sites for hydroxylation is 1. The molecule has 0 heterocycles. The zero-order chi connectivity index (χ0) is 10.4. The molecule has 0 aliphatic carbocycles. The highest BCUT2D eigenvalue weighted by Crippen LogP contribution is 2.08. The summed E-state index contributed by atoms with van der Waals surface area (Å²) in [5.74, 6) is 0. The van der Waals surface area contributed by atoms with Crippen molar-refractivity contribution in [2.24, 2.45) is 4.99 Å². The van der Waals surface area contributed by atoms with Crippen molar-refractivity contribution in [2.75, 3.05) is 0 Å². The normalized spacial score (nSPS) is 11.9. The van der Waals surface area contributed by atoms with E-state index in [9.17, 15) is 4.79 Å². The largest absolute Gasteiger partial charge is 0.235 e. The Morgan fingerprint density at radius 1 is 1.29 bits per heavy atom. The second-order valence-corrected chi connectivity index (χ2v) is 3.44. The fourth-order valence-electron chi connectivity index (χ4n) is 1.39. The average Bonchev–Trinajstić information content (AvgIpc) is 2.19. The van der Waals surface area contributed by atoms with Crippen LogP contribution in [0.25, 0.3) is 0 Å². The van der Waals surface area contributed by atoms with Gasteiger partial charge in [-0.2, -0.15) is 0 Å². The first-order valence-electron chi connectivity index (χ1n) is 4.91. The van der Waals surface area contributed by atoms with Gasteiger partial charge in [-0.15, -0.1) is 0 Å². The van der Waals surface area contributed by atoms with Gasteiger partial charge in [-0.05, 0) is 30.9 Å². The highest BCUT2D eigenvalue weighted by Gasteiger charge is 2.00. The third kappa shape index (κ3) is 3.15. The molecule has 0 spiro atoms. The van der Waals surface area contributed by atoms with Crippen molar-refractivity contribution in [2.45, 2.75) is 32.7 Å². The van der Waals surface area contributed by atoms with Crippen LogP contribution in [-0.4, -0.2) is 12.1 Å². The molecule has 1 aromatic carbocycles. The molecule has 0 saturated heterocycles. The molecule has 1 aromatic rings. The van der Waals surface area contributed by atoms with Crippen molar-refractivity contribution in [3.05, 3.63) is 35.4 Å². The smallest absolute Gasteiger partial charge is 0.211 e. The number of isocyanates is 1. The first-order valence-corrected chi connectivity index (χ1v) is 4.91. The summed E-state index contributed by atoms with van der Waals surface area (Å²) in [5, 5.41) is 0. The van der Waals surface area contributed by atoms with Crippen molar-refractivity contribution in [3.8, 4) is 0 Å². The summed E-state index contributed by atoms with van der Waals surface area (Å²) < 4.78 is 0. The molecule has 0 fully saturated rings. The van der Waals surface area contributed by atoms with Gasteiger partial charge in [0.25, 0.3) is 0 Å².